The van der Waals surface area contributed by atoms with Crippen molar-refractivity contribution in [3.63, 3.8) is 0 Å². The molecule has 0 unspecified atom stereocenters. The van der Waals surface area contributed by atoms with Gasteiger partial charge in [-0.2, -0.15) is 0 Å². The Bertz CT molecular complexity index is 943. The third-order valence-corrected chi connectivity index (χ3v) is 5.96. The molecule has 0 bridgehead atoms. The molecule has 1 aromatic heterocycles. The van der Waals surface area contributed by atoms with Crippen LogP contribution in [-0.4, -0.2) is 32.6 Å². The molecule has 1 aliphatic rings. The molecule has 0 saturated heterocycles. The van der Waals surface area contributed by atoms with E-state index in [9.17, 15) is 4.79 Å². The predicted octanol–water partition coefficient (Wildman–Crippen LogP) is 2.89. The zero-order valence-corrected chi connectivity index (χ0v) is 15.9. The van der Waals surface area contributed by atoms with E-state index in [1.165, 1.54) is 40.1 Å². The Morgan fingerprint density at radius 1 is 1.15 bits per heavy atom. The monoisotopic (exact) mass is 381 g/mol. The molecule has 1 fully saturated rings. The van der Waals surface area contributed by atoms with Gasteiger partial charge in [0.1, 0.15) is 0 Å². The van der Waals surface area contributed by atoms with Crippen molar-refractivity contribution in [2.45, 2.75) is 43.3 Å². The number of thioether (sulfide) groups is 1. The molecule has 1 saturated carbocycles. The lowest BCUT2D eigenvalue weighted by Gasteiger charge is -2.11. The van der Waals surface area contributed by atoms with Crippen molar-refractivity contribution in [2.24, 2.45) is 0 Å². The van der Waals surface area contributed by atoms with Gasteiger partial charge >= 0.3 is 0 Å². The fraction of sp³-hybridized carbons (Fsp3) is 0.350. The molecule has 6 nitrogen and oxygen atoms in total. The lowest BCUT2D eigenvalue weighted by Crippen LogP contribution is -2.34. The second kappa shape index (κ2) is 8.00. The van der Waals surface area contributed by atoms with E-state index in [4.69, 9.17) is 5.84 Å². The van der Waals surface area contributed by atoms with Crippen LogP contribution in [0.4, 0.5) is 0 Å². The van der Waals surface area contributed by atoms with Crippen molar-refractivity contribution in [3.05, 3.63) is 53.9 Å². The van der Waals surface area contributed by atoms with Crippen LogP contribution in [0, 0.1) is 0 Å². The average molecular weight is 382 g/mol. The smallest absolute Gasteiger partial charge is 0.230 e. The average Bonchev–Trinajstić information content (AvgIpc) is 3.31. The van der Waals surface area contributed by atoms with Crippen LogP contribution >= 0.6 is 11.8 Å². The Kier molecular flexibility index (Phi) is 5.29. The summed E-state index contributed by atoms with van der Waals surface area (Å²) >= 11 is 1.33. The highest BCUT2D eigenvalue weighted by molar-refractivity contribution is 7.99. The van der Waals surface area contributed by atoms with Crippen LogP contribution in [0.15, 0.2) is 47.6 Å². The molecule has 0 aliphatic heterocycles. The zero-order chi connectivity index (χ0) is 18.6. The van der Waals surface area contributed by atoms with Gasteiger partial charge in [-0.15, -0.1) is 10.2 Å². The Balaban J connectivity index is 1.42. The van der Waals surface area contributed by atoms with Gasteiger partial charge in [0.05, 0.1) is 5.75 Å². The highest BCUT2D eigenvalue weighted by atomic mass is 32.2. The van der Waals surface area contributed by atoms with Crippen LogP contribution in [0.2, 0.25) is 0 Å². The Hall–Kier alpha value is -2.54. The molecule has 1 heterocycles. The van der Waals surface area contributed by atoms with Gasteiger partial charge in [0.2, 0.25) is 11.1 Å². The minimum absolute atomic E-state index is 0.0329. The van der Waals surface area contributed by atoms with Crippen LogP contribution < -0.4 is 11.2 Å². The molecule has 0 radical (unpaired) electrons. The van der Waals surface area contributed by atoms with Gasteiger partial charge in [-0.25, -0.2) is 4.68 Å². The number of fused-ring (bicyclic) bond motifs is 1. The van der Waals surface area contributed by atoms with E-state index < -0.39 is 0 Å². The summed E-state index contributed by atoms with van der Waals surface area (Å²) in [6, 6.07) is 14.8. The van der Waals surface area contributed by atoms with Crippen molar-refractivity contribution in [1.82, 2.24) is 20.2 Å². The second-order valence-electron chi connectivity index (χ2n) is 6.92. The molecule has 3 aromatic rings. The number of carbonyl (C=O) groups excluding carboxylic acids is 1. The largest absolute Gasteiger partial charge is 0.353 e. The molecule has 3 N–H and O–H groups in total. The molecular weight excluding hydrogens is 358 g/mol. The molecule has 0 atom stereocenters. The van der Waals surface area contributed by atoms with Crippen molar-refractivity contribution >= 4 is 28.4 Å². The maximum Gasteiger partial charge on any atom is 0.230 e. The maximum atomic E-state index is 12.1. The molecular formula is C20H23N5OS. The summed E-state index contributed by atoms with van der Waals surface area (Å²) in [5, 5.41) is 14.4. The first-order valence-electron chi connectivity index (χ1n) is 9.29. The van der Waals surface area contributed by atoms with Crippen molar-refractivity contribution in [1.29, 1.82) is 0 Å². The van der Waals surface area contributed by atoms with Gasteiger partial charge in [0.15, 0.2) is 5.82 Å². The minimum atomic E-state index is 0.0329. The third kappa shape index (κ3) is 4.08. The number of rotatable bonds is 6. The SMILES string of the molecule is Nn1c(Cc2cccc3ccccc23)nnc1SCC(=O)NC1CCCC1. The lowest BCUT2D eigenvalue weighted by atomic mass is 10.0. The molecule has 4 rings (SSSR count). The fourth-order valence-electron chi connectivity index (χ4n) is 3.61. The van der Waals surface area contributed by atoms with Gasteiger partial charge in [0, 0.05) is 12.5 Å². The van der Waals surface area contributed by atoms with Crippen LogP contribution in [-0.2, 0) is 11.2 Å². The first kappa shape index (κ1) is 17.9. The van der Waals surface area contributed by atoms with Gasteiger partial charge in [0.25, 0.3) is 0 Å². The van der Waals surface area contributed by atoms with Crippen LogP contribution in [0.3, 0.4) is 0 Å². The number of aromatic nitrogens is 3. The molecule has 2 aromatic carbocycles. The number of nitrogen functional groups attached to an aromatic ring is 1. The highest BCUT2D eigenvalue weighted by Gasteiger charge is 2.18. The number of hydrogen-bond acceptors (Lipinski definition) is 5. The predicted molar refractivity (Wildman–Crippen MR) is 108 cm³/mol. The summed E-state index contributed by atoms with van der Waals surface area (Å²) < 4.78 is 1.50. The summed E-state index contributed by atoms with van der Waals surface area (Å²) in [5.41, 5.74) is 1.16. The van der Waals surface area contributed by atoms with Crippen molar-refractivity contribution in [2.75, 3.05) is 11.6 Å². The van der Waals surface area contributed by atoms with E-state index in [0.717, 1.165) is 18.4 Å². The summed E-state index contributed by atoms with van der Waals surface area (Å²) in [4.78, 5) is 12.1. The van der Waals surface area contributed by atoms with Gasteiger partial charge in [-0.3, -0.25) is 4.79 Å². The lowest BCUT2D eigenvalue weighted by molar-refractivity contribution is -0.119. The molecule has 7 heteroatoms. The second-order valence-corrected chi connectivity index (χ2v) is 7.86. The van der Waals surface area contributed by atoms with Crippen LogP contribution in [0.25, 0.3) is 10.8 Å². The number of benzene rings is 2. The van der Waals surface area contributed by atoms with Crippen LogP contribution in [0.5, 0.6) is 0 Å². The molecule has 27 heavy (non-hydrogen) atoms. The number of nitrogens with two attached hydrogens (primary N) is 1. The van der Waals surface area contributed by atoms with E-state index >= 15 is 0 Å². The number of hydrogen-bond donors (Lipinski definition) is 2. The van der Waals surface area contributed by atoms with E-state index in [-0.39, 0.29) is 5.91 Å². The quantitative estimate of drug-likeness (QED) is 0.506. The maximum absolute atomic E-state index is 12.1. The molecule has 1 aliphatic carbocycles. The summed E-state index contributed by atoms with van der Waals surface area (Å²) in [7, 11) is 0. The minimum Gasteiger partial charge on any atom is -0.353 e. The van der Waals surface area contributed by atoms with Crippen molar-refractivity contribution < 1.29 is 4.79 Å². The standard InChI is InChI=1S/C20H23N5OS/c21-25-18(12-15-8-5-7-14-6-1-4-11-17(14)15)23-24-20(25)27-13-19(26)22-16-9-2-3-10-16/h1,4-8,11,16H,2-3,9-10,12-13,21H2,(H,22,26). The highest BCUT2D eigenvalue weighted by Crippen LogP contribution is 2.22. The van der Waals surface area contributed by atoms with Gasteiger partial charge in [-0.05, 0) is 29.2 Å². The first-order valence-corrected chi connectivity index (χ1v) is 10.3. The molecule has 140 valence electrons. The normalized spacial score (nSPS) is 14.7. The summed E-state index contributed by atoms with van der Waals surface area (Å²) in [6.45, 7) is 0. The molecule has 1 amide bonds. The Morgan fingerprint density at radius 3 is 2.78 bits per heavy atom. The van der Waals surface area contributed by atoms with Gasteiger partial charge < -0.3 is 11.2 Å². The number of nitrogens with zero attached hydrogens (tertiary/aromatic N) is 3. The Morgan fingerprint density at radius 2 is 1.93 bits per heavy atom. The Labute approximate surface area is 162 Å². The summed E-state index contributed by atoms with van der Waals surface area (Å²) in [6.07, 6.45) is 5.16. The van der Waals surface area contributed by atoms with Crippen LogP contribution in [0.1, 0.15) is 37.1 Å². The van der Waals surface area contributed by atoms with E-state index in [1.807, 2.05) is 18.2 Å². The number of carbonyl (C=O) groups is 1. The third-order valence-electron chi connectivity index (χ3n) is 5.02. The van der Waals surface area contributed by atoms with Crippen molar-refractivity contribution in [3.8, 4) is 0 Å². The fourth-order valence-corrected chi connectivity index (χ4v) is 4.30. The van der Waals surface area contributed by atoms with E-state index in [0.29, 0.717) is 29.2 Å². The topological polar surface area (TPSA) is 85.8 Å². The summed E-state index contributed by atoms with van der Waals surface area (Å²) in [5.74, 6) is 7.21. The zero-order valence-electron chi connectivity index (χ0n) is 15.1. The number of amides is 1. The molecule has 0 spiro atoms. The first-order chi connectivity index (χ1) is 13.2. The van der Waals surface area contributed by atoms with Gasteiger partial charge in [-0.1, -0.05) is 67.1 Å². The van der Waals surface area contributed by atoms with E-state index in [2.05, 4.69) is 39.8 Å². The van der Waals surface area contributed by atoms with E-state index in [1.54, 1.807) is 0 Å². The number of nitrogens with one attached hydrogen (secondary N) is 1.